The standard InChI is InChI=1S/C14H18N2OS/c1-16-7-6-15-11(9-16)13-8-10-4-3-5-12(17-2)14(10)18-13/h3-5,8,11,15H,6-7,9H2,1-2H3. The van der Waals surface area contributed by atoms with E-state index in [1.165, 1.54) is 15.0 Å². The van der Waals surface area contributed by atoms with Gasteiger partial charge in [-0.15, -0.1) is 11.3 Å². The van der Waals surface area contributed by atoms with Crippen molar-refractivity contribution < 1.29 is 4.74 Å². The minimum Gasteiger partial charge on any atom is -0.495 e. The van der Waals surface area contributed by atoms with Crippen molar-refractivity contribution in [3.05, 3.63) is 29.1 Å². The summed E-state index contributed by atoms with van der Waals surface area (Å²) in [5.41, 5.74) is 0. The lowest BCUT2D eigenvalue weighted by Gasteiger charge is -2.30. The first-order valence-corrected chi connectivity index (χ1v) is 7.08. The Hall–Kier alpha value is -1.10. The van der Waals surface area contributed by atoms with Crippen LogP contribution in [0.4, 0.5) is 0 Å². The number of hydrogen-bond donors (Lipinski definition) is 1. The zero-order valence-corrected chi connectivity index (χ0v) is 11.6. The molecule has 1 atom stereocenters. The lowest BCUT2D eigenvalue weighted by Crippen LogP contribution is -2.43. The van der Waals surface area contributed by atoms with Crippen molar-refractivity contribution in [2.75, 3.05) is 33.8 Å². The maximum Gasteiger partial charge on any atom is 0.136 e. The smallest absolute Gasteiger partial charge is 0.136 e. The van der Waals surface area contributed by atoms with Crippen LogP contribution in [0.2, 0.25) is 0 Å². The lowest BCUT2D eigenvalue weighted by atomic mass is 10.1. The van der Waals surface area contributed by atoms with Gasteiger partial charge in [0.1, 0.15) is 5.75 Å². The number of likely N-dealkylation sites (N-methyl/N-ethyl adjacent to an activating group) is 1. The SMILES string of the molecule is COc1cccc2cc(C3CN(C)CCN3)sc12. The maximum atomic E-state index is 5.43. The number of piperazine rings is 1. The van der Waals surface area contributed by atoms with Crippen LogP contribution in [0, 0.1) is 0 Å². The van der Waals surface area contributed by atoms with Crippen molar-refractivity contribution >= 4 is 21.4 Å². The minimum atomic E-state index is 0.450. The van der Waals surface area contributed by atoms with Gasteiger partial charge in [0.05, 0.1) is 17.9 Å². The molecule has 0 saturated carbocycles. The fraction of sp³-hybridized carbons (Fsp3) is 0.429. The number of nitrogens with zero attached hydrogens (tertiary/aromatic N) is 1. The van der Waals surface area contributed by atoms with Gasteiger partial charge in [-0.2, -0.15) is 0 Å². The second kappa shape index (κ2) is 4.88. The number of benzene rings is 1. The number of thiophene rings is 1. The van der Waals surface area contributed by atoms with E-state index < -0.39 is 0 Å². The largest absolute Gasteiger partial charge is 0.495 e. The molecule has 4 heteroatoms. The molecule has 0 bridgehead atoms. The molecule has 1 aliphatic rings. The van der Waals surface area contributed by atoms with Gasteiger partial charge in [0.25, 0.3) is 0 Å². The molecule has 0 amide bonds. The Kier molecular flexibility index (Phi) is 3.24. The highest BCUT2D eigenvalue weighted by atomic mass is 32.1. The van der Waals surface area contributed by atoms with Crippen LogP contribution in [-0.2, 0) is 0 Å². The Morgan fingerprint density at radius 3 is 3.11 bits per heavy atom. The number of fused-ring (bicyclic) bond motifs is 1. The summed E-state index contributed by atoms with van der Waals surface area (Å²) < 4.78 is 6.68. The van der Waals surface area contributed by atoms with Crippen molar-refractivity contribution in [2.24, 2.45) is 0 Å². The first-order valence-electron chi connectivity index (χ1n) is 6.26. The van der Waals surface area contributed by atoms with Gasteiger partial charge < -0.3 is 15.0 Å². The molecule has 1 aliphatic heterocycles. The molecule has 2 aromatic rings. The number of hydrogen-bond acceptors (Lipinski definition) is 4. The van der Waals surface area contributed by atoms with Crippen LogP contribution in [0.3, 0.4) is 0 Å². The highest BCUT2D eigenvalue weighted by molar-refractivity contribution is 7.19. The minimum absolute atomic E-state index is 0.450. The number of ether oxygens (including phenoxy) is 1. The monoisotopic (exact) mass is 262 g/mol. The molecule has 0 radical (unpaired) electrons. The maximum absolute atomic E-state index is 5.43. The van der Waals surface area contributed by atoms with Gasteiger partial charge in [0.15, 0.2) is 0 Å². The van der Waals surface area contributed by atoms with E-state index in [2.05, 4.69) is 35.5 Å². The van der Waals surface area contributed by atoms with Crippen LogP contribution in [0.1, 0.15) is 10.9 Å². The van der Waals surface area contributed by atoms with E-state index in [9.17, 15) is 0 Å². The van der Waals surface area contributed by atoms with E-state index in [4.69, 9.17) is 4.74 Å². The van der Waals surface area contributed by atoms with E-state index in [0.717, 1.165) is 25.4 Å². The molecule has 1 saturated heterocycles. The van der Waals surface area contributed by atoms with Gasteiger partial charge in [-0.3, -0.25) is 0 Å². The third-order valence-electron chi connectivity index (χ3n) is 3.47. The van der Waals surface area contributed by atoms with E-state index in [1.807, 2.05) is 17.4 Å². The Bertz CT molecular complexity index is 552. The summed E-state index contributed by atoms with van der Waals surface area (Å²) in [5.74, 6) is 0.980. The first kappa shape index (κ1) is 12.0. The summed E-state index contributed by atoms with van der Waals surface area (Å²) >= 11 is 1.84. The molecule has 1 aromatic heterocycles. The molecular formula is C14H18N2OS. The van der Waals surface area contributed by atoms with Gasteiger partial charge >= 0.3 is 0 Å². The molecule has 1 N–H and O–H groups in total. The summed E-state index contributed by atoms with van der Waals surface area (Å²) in [6.45, 7) is 3.27. The predicted molar refractivity (Wildman–Crippen MR) is 76.6 cm³/mol. The Morgan fingerprint density at radius 1 is 1.44 bits per heavy atom. The zero-order valence-electron chi connectivity index (χ0n) is 10.8. The van der Waals surface area contributed by atoms with Crippen LogP contribution < -0.4 is 10.1 Å². The highest BCUT2D eigenvalue weighted by Crippen LogP contribution is 2.36. The molecule has 2 heterocycles. The molecule has 3 nitrogen and oxygen atoms in total. The van der Waals surface area contributed by atoms with Crippen molar-refractivity contribution in [2.45, 2.75) is 6.04 Å². The van der Waals surface area contributed by atoms with Crippen LogP contribution in [0.25, 0.3) is 10.1 Å². The summed E-state index contributed by atoms with van der Waals surface area (Å²) in [6.07, 6.45) is 0. The highest BCUT2D eigenvalue weighted by Gasteiger charge is 2.20. The van der Waals surface area contributed by atoms with Crippen LogP contribution in [0.15, 0.2) is 24.3 Å². The van der Waals surface area contributed by atoms with Gasteiger partial charge in [-0.25, -0.2) is 0 Å². The topological polar surface area (TPSA) is 24.5 Å². The molecule has 0 aliphatic carbocycles. The van der Waals surface area contributed by atoms with Gasteiger partial charge in [0.2, 0.25) is 0 Å². The molecular weight excluding hydrogens is 244 g/mol. The molecule has 18 heavy (non-hydrogen) atoms. The summed E-state index contributed by atoms with van der Waals surface area (Å²) in [6, 6.07) is 8.98. The fourth-order valence-electron chi connectivity index (χ4n) is 2.48. The second-order valence-electron chi connectivity index (χ2n) is 4.80. The molecule has 0 spiro atoms. The average Bonchev–Trinajstić information content (AvgIpc) is 2.82. The molecule has 1 fully saturated rings. The fourth-order valence-corrected chi connectivity index (χ4v) is 3.69. The Morgan fingerprint density at radius 2 is 2.33 bits per heavy atom. The van der Waals surface area contributed by atoms with E-state index in [1.54, 1.807) is 7.11 Å². The van der Waals surface area contributed by atoms with Crippen molar-refractivity contribution in [3.8, 4) is 5.75 Å². The van der Waals surface area contributed by atoms with Crippen molar-refractivity contribution in [3.63, 3.8) is 0 Å². The molecule has 1 aromatic carbocycles. The van der Waals surface area contributed by atoms with Gasteiger partial charge in [0, 0.05) is 24.5 Å². The molecule has 3 rings (SSSR count). The lowest BCUT2D eigenvalue weighted by molar-refractivity contribution is 0.243. The van der Waals surface area contributed by atoms with E-state index >= 15 is 0 Å². The first-order chi connectivity index (χ1) is 8.78. The van der Waals surface area contributed by atoms with E-state index in [0.29, 0.717) is 6.04 Å². The summed E-state index contributed by atoms with van der Waals surface area (Å²) in [7, 11) is 3.92. The number of rotatable bonds is 2. The number of nitrogens with one attached hydrogen (secondary N) is 1. The van der Waals surface area contributed by atoms with Crippen LogP contribution in [-0.4, -0.2) is 38.7 Å². The quantitative estimate of drug-likeness (QED) is 0.900. The second-order valence-corrected chi connectivity index (χ2v) is 5.88. The average molecular weight is 262 g/mol. The number of methoxy groups -OCH3 is 1. The van der Waals surface area contributed by atoms with Crippen molar-refractivity contribution in [1.82, 2.24) is 10.2 Å². The van der Waals surface area contributed by atoms with Gasteiger partial charge in [-0.05, 0) is 24.6 Å². The van der Waals surface area contributed by atoms with Crippen LogP contribution >= 0.6 is 11.3 Å². The third kappa shape index (κ3) is 2.11. The van der Waals surface area contributed by atoms with Crippen molar-refractivity contribution in [1.29, 1.82) is 0 Å². The van der Waals surface area contributed by atoms with Gasteiger partial charge in [-0.1, -0.05) is 12.1 Å². The Labute approximate surface area is 111 Å². The summed E-state index contributed by atoms with van der Waals surface area (Å²) in [4.78, 5) is 3.78. The normalized spacial score (nSPS) is 21.3. The molecule has 96 valence electrons. The predicted octanol–water partition coefficient (Wildman–Crippen LogP) is 2.49. The summed E-state index contributed by atoms with van der Waals surface area (Å²) in [5, 5.41) is 4.87. The molecule has 1 unspecified atom stereocenters. The zero-order chi connectivity index (χ0) is 12.5. The van der Waals surface area contributed by atoms with Crippen LogP contribution in [0.5, 0.6) is 5.75 Å². The van der Waals surface area contributed by atoms with E-state index in [-0.39, 0.29) is 0 Å². The Balaban J connectivity index is 1.97. The third-order valence-corrected chi connectivity index (χ3v) is 4.75.